The van der Waals surface area contributed by atoms with Crippen LogP contribution in [0.3, 0.4) is 0 Å². The molecule has 82 valence electrons. The minimum atomic E-state index is -0.196. The normalized spacial score (nSPS) is 22.1. The van der Waals surface area contributed by atoms with Crippen molar-refractivity contribution in [1.82, 2.24) is 4.90 Å². The summed E-state index contributed by atoms with van der Waals surface area (Å²) in [6, 6.07) is -0.0753. The van der Waals surface area contributed by atoms with Gasteiger partial charge in [-0.05, 0) is 44.8 Å². The lowest BCUT2D eigenvalue weighted by Gasteiger charge is -2.35. The number of hydrogen-bond acceptors (Lipinski definition) is 3. The second-order valence-corrected chi connectivity index (χ2v) is 4.04. The molecule has 0 radical (unpaired) electrons. The molecule has 1 atom stereocenters. The third-order valence-corrected chi connectivity index (χ3v) is 3.14. The summed E-state index contributed by atoms with van der Waals surface area (Å²) in [5, 5.41) is 0. The van der Waals surface area contributed by atoms with Crippen molar-refractivity contribution in [3.05, 3.63) is 0 Å². The van der Waals surface area contributed by atoms with Crippen LogP contribution in [0.4, 0.5) is 0 Å². The summed E-state index contributed by atoms with van der Waals surface area (Å²) in [5.74, 6) is 0.440. The number of rotatable bonds is 4. The first kappa shape index (κ1) is 11.5. The fraction of sp³-hybridized carbons (Fsp3) is 0.900. The first-order valence-electron chi connectivity index (χ1n) is 5.42. The largest absolute Gasteiger partial charge is 0.368 e. The van der Waals surface area contributed by atoms with Gasteiger partial charge < -0.3 is 11.5 Å². The average Bonchev–Trinajstić information content (AvgIpc) is 2.19. The summed E-state index contributed by atoms with van der Waals surface area (Å²) < 4.78 is 0. The van der Waals surface area contributed by atoms with Gasteiger partial charge in [-0.1, -0.05) is 6.92 Å². The lowest BCUT2D eigenvalue weighted by Crippen LogP contribution is -2.48. The molecule has 0 bridgehead atoms. The maximum absolute atomic E-state index is 11.1. The highest BCUT2D eigenvalue weighted by Crippen LogP contribution is 2.18. The minimum absolute atomic E-state index is 0.0753. The van der Waals surface area contributed by atoms with Crippen molar-refractivity contribution in [3.8, 4) is 0 Å². The maximum Gasteiger partial charge on any atom is 0.234 e. The molecule has 0 saturated carbocycles. The number of nitrogens with zero attached hydrogens (tertiary/aromatic N) is 1. The molecular weight excluding hydrogens is 178 g/mol. The molecule has 1 rings (SSSR count). The van der Waals surface area contributed by atoms with Gasteiger partial charge in [0, 0.05) is 0 Å². The number of hydrogen-bond donors (Lipinski definition) is 2. The zero-order chi connectivity index (χ0) is 10.6. The Hall–Kier alpha value is -0.610. The van der Waals surface area contributed by atoms with Crippen LogP contribution in [-0.4, -0.2) is 36.5 Å². The number of carbonyl (C=O) groups is 1. The highest BCUT2D eigenvalue weighted by Gasteiger charge is 2.26. The molecule has 4 nitrogen and oxygen atoms in total. The Balaban J connectivity index is 2.43. The molecule has 0 aromatic carbocycles. The maximum atomic E-state index is 11.1. The van der Waals surface area contributed by atoms with Crippen LogP contribution in [0.5, 0.6) is 0 Å². The van der Waals surface area contributed by atoms with E-state index in [1.807, 2.05) is 6.92 Å². The second kappa shape index (κ2) is 5.32. The Morgan fingerprint density at radius 2 is 2.07 bits per heavy atom. The van der Waals surface area contributed by atoms with Gasteiger partial charge in [0.25, 0.3) is 0 Å². The molecule has 0 aliphatic carbocycles. The van der Waals surface area contributed by atoms with Crippen LogP contribution >= 0.6 is 0 Å². The van der Waals surface area contributed by atoms with Crippen LogP contribution in [0.15, 0.2) is 0 Å². The third-order valence-electron chi connectivity index (χ3n) is 3.14. The monoisotopic (exact) mass is 199 g/mol. The van der Waals surface area contributed by atoms with Crippen LogP contribution in [0, 0.1) is 5.92 Å². The zero-order valence-corrected chi connectivity index (χ0v) is 8.91. The molecule has 1 amide bonds. The number of primary amides is 1. The standard InChI is InChI=1S/C10H21N3O/c1-2-9(10(12)14)13-5-3-8(7-11)4-6-13/h8-9H,2-7,11H2,1H3,(H2,12,14). The van der Waals surface area contributed by atoms with Gasteiger partial charge in [-0.2, -0.15) is 0 Å². The second-order valence-electron chi connectivity index (χ2n) is 4.04. The van der Waals surface area contributed by atoms with Crippen LogP contribution in [0.25, 0.3) is 0 Å². The number of likely N-dealkylation sites (tertiary alicyclic amines) is 1. The van der Waals surface area contributed by atoms with Gasteiger partial charge in [0.1, 0.15) is 0 Å². The van der Waals surface area contributed by atoms with E-state index in [2.05, 4.69) is 4.90 Å². The van der Waals surface area contributed by atoms with Gasteiger partial charge in [0.15, 0.2) is 0 Å². The van der Waals surface area contributed by atoms with E-state index in [1.165, 1.54) is 0 Å². The number of carbonyl (C=O) groups excluding carboxylic acids is 1. The Morgan fingerprint density at radius 1 is 1.50 bits per heavy atom. The van der Waals surface area contributed by atoms with Crippen molar-refractivity contribution in [2.75, 3.05) is 19.6 Å². The van der Waals surface area contributed by atoms with E-state index < -0.39 is 0 Å². The topological polar surface area (TPSA) is 72.4 Å². The van der Waals surface area contributed by atoms with Crippen LogP contribution in [0.1, 0.15) is 26.2 Å². The Labute approximate surface area is 85.6 Å². The van der Waals surface area contributed by atoms with E-state index in [0.717, 1.165) is 38.9 Å². The van der Waals surface area contributed by atoms with E-state index in [9.17, 15) is 4.79 Å². The molecule has 4 N–H and O–H groups in total. The molecule has 1 unspecified atom stereocenters. The molecule has 1 heterocycles. The molecule has 14 heavy (non-hydrogen) atoms. The molecule has 0 spiro atoms. The smallest absolute Gasteiger partial charge is 0.234 e. The lowest BCUT2D eigenvalue weighted by atomic mass is 9.95. The summed E-state index contributed by atoms with van der Waals surface area (Å²) in [6.07, 6.45) is 3.00. The summed E-state index contributed by atoms with van der Waals surface area (Å²) in [5.41, 5.74) is 10.9. The SMILES string of the molecule is CCC(C(N)=O)N1CCC(CN)CC1. The third kappa shape index (κ3) is 2.69. The average molecular weight is 199 g/mol. The molecule has 0 aromatic rings. The van der Waals surface area contributed by atoms with Gasteiger partial charge in [-0.3, -0.25) is 9.69 Å². The van der Waals surface area contributed by atoms with Gasteiger partial charge in [0.2, 0.25) is 5.91 Å². The van der Waals surface area contributed by atoms with Crippen molar-refractivity contribution in [1.29, 1.82) is 0 Å². The summed E-state index contributed by atoms with van der Waals surface area (Å²) in [6.45, 7) is 4.69. The van der Waals surface area contributed by atoms with Gasteiger partial charge >= 0.3 is 0 Å². The van der Waals surface area contributed by atoms with Crippen molar-refractivity contribution in [2.45, 2.75) is 32.2 Å². The van der Waals surface area contributed by atoms with Gasteiger partial charge in [-0.25, -0.2) is 0 Å². The van der Waals surface area contributed by atoms with Crippen LogP contribution < -0.4 is 11.5 Å². The van der Waals surface area contributed by atoms with E-state index in [4.69, 9.17) is 11.5 Å². The fourth-order valence-corrected chi connectivity index (χ4v) is 2.14. The van der Waals surface area contributed by atoms with Crippen molar-refractivity contribution < 1.29 is 4.79 Å². The van der Waals surface area contributed by atoms with Crippen molar-refractivity contribution in [2.24, 2.45) is 17.4 Å². The Kier molecular flexibility index (Phi) is 4.35. The molecule has 4 heteroatoms. The Morgan fingerprint density at radius 3 is 2.43 bits per heavy atom. The minimum Gasteiger partial charge on any atom is -0.368 e. The zero-order valence-electron chi connectivity index (χ0n) is 8.91. The van der Waals surface area contributed by atoms with E-state index in [-0.39, 0.29) is 11.9 Å². The molecule has 0 aromatic heterocycles. The van der Waals surface area contributed by atoms with Crippen LogP contribution in [-0.2, 0) is 4.79 Å². The summed E-state index contributed by atoms with van der Waals surface area (Å²) in [7, 11) is 0. The lowest BCUT2D eigenvalue weighted by molar-refractivity contribution is -0.123. The highest BCUT2D eigenvalue weighted by atomic mass is 16.1. The predicted molar refractivity (Wildman–Crippen MR) is 56.6 cm³/mol. The quantitative estimate of drug-likeness (QED) is 0.665. The molecular formula is C10H21N3O. The molecule has 1 aliphatic rings. The fourth-order valence-electron chi connectivity index (χ4n) is 2.14. The van der Waals surface area contributed by atoms with E-state index in [0.29, 0.717) is 5.92 Å². The molecule has 1 fully saturated rings. The first-order valence-corrected chi connectivity index (χ1v) is 5.42. The van der Waals surface area contributed by atoms with E-state index >= 15 is 0 Å². The summed E-state index contributed by atoms with van der Waals surface area (Å²) in [4.78, 5) is 13.3. The summed E-state index contributed by atoms with van der Waals surface area (Å²) >= 11 is 0. The van der Waals surface area contributed by atoms with Crippen LogP contribution in [0.2, 0.25) is 0 Å². The van der Waals surface area contributed by atoms with E-state index in [1.54, 1.807) is 0 Å². The number of amides is 1. The number of piperidine rings is 1. The van der Waals surface area contributed by atoms with Gasteiger partial charge in [-0.15, -0.1) is 0 Å². The highest BCUT2D eigenvalue weighted by molar-refractivity contribution is 5.79. The predicted octanol–water partition coefficient (Wildman–Crippen LogP) is -0.0790. The van der Waals surface area contributed by atoms with Crippen molar-refractivity contribution in [3.63, 3.8) is 0 Å². The number of nitrogens with two attached hydrogens (primary N) is 2. The first-order chi connectivity index (χ1) is 6.69. The Bertz CT molecular complexity index is 188. The van der Waals surface area contributed by atoms with Gasteiger partial charge in [0.05, 0.1) is 6.04 Å². The van der Waals surface area contributed by atoms with Crippen molar-refractivity contribution >= 4 is 5.91 Å². The molecule has 1 saturated heterocycles. The molecule has 1 aliphatic heterocycles.